The fourth-order valence-electron chi connectivity index (χ4n) is 2.00. The van der Waals surface area contributed by atoms with Crippen LogP contribution in [0.25, 0.3) is 0 Å². The van der Waals surface area contributed by atoms with Gasteiger partial charge in [0.2, 0.25) is 0 Å². The van der Waals surface area contributed by atoms with Crippen molar-refractivity contribution in [2.75, 3.05) is 0 Å². The quantitative estimate of drug-likeness (QED) is 0.843. The van der Waals surface area contributed by atoms with Crippen molar-refractivity contribution < 1.29 is 9.13 Å². The Kier molecular flexibility index (Phi) is 5.37. The molecule has 21 heavy (non-hydrogen) atoms. The Hall–Kier alpha value is -1.39. The van der Waals surface area contributed by atoms with Crippen molar-refractivity contribution in [3.63, 3.8) is 0 Å². The average molecular weight is 307 g/mol. The number of hydrogen-bond donors (Lipinski definition) is 1. The van der Waals surface area contributed by atoms with Crippen LogP contribution in [0.2, 0.25) is 0 Å². The smallest absolute Gasteiger partial charge is 0.165 e. The molecular formula is C17H22FNOS. The van der Waals surface area contributed by atoms with E-state index in [0.717, 1.165) is 17.7 Å². The van der Waals surface area contributed by atoms with Gasteiger partial charge in [-0.2, -0.15) is 0 Å². The van der Waals surface area contributed by atoms with E-state index in [4.69, 9.17) is 4.74 Å². The Morgan fingerprint density at radius 3 is 2.71 bits per heavy atom. The minimum atomic E-state index is -0.310. The lowest BCUT2D eigenvalue weighted by molar-refractivity contribution is 0.290. The molecule has 114 valence electrons. The van der Waals surface area contributed by atoms with Crippen LogP contribution in [0.1, 0.15) is 34.7 Å². The molecule has 2 aromatic rings. The molecule has 0 unspecified atom stereocenters. The van der Waals surface area contributed by atoms with Crippen LogP contribution < -0.4 is 10.1 Å². The van der Waals surface area contributed by atoms with E-state index in [-0.39, 0.29) is 5.82 Å². The Morgan fingerprint density at radius 1 is 1.24 bits per heavy atom. The van der Waals surface area contributed by atoms with Gasteiger partial charge in [-0.05, 0) is 37.6 Å². The van der Waals surface area contributed by atoms with Crippen molar-refractivity contribution >= 4 is 11.3 Å². The normalized spacial score (nSPS) is 11.1. The maximum atomic E-state index is 13.7. The highest BCUT2D eigenvalue weighted by molar-refractivity contribution is 7.12. The summed E-state index contributed by atoms with van der Waals surface area (Å²) in [7, 11) is 0. The van der Waals surface area contributed by atoms with E-state index in [9.17, 15) is 4.39 Å². The zero-order chi connectivity index (χ0) is 15.4. The molecule has 1 heterocycles. The van der Waals surface area contributed by atoms with Crippen LogP contribution >= 0.6 is 11.3 Å². The Labute approximate surface area is 130 Å². The Balaban J connectivity index is 2.01. The highest BCUT2D eigenvalue weighted by Crippen LogP contribution is 2.25. The van der Waals surface area contributed by atoms with Crippen LogP contribution in [0.4, 0.5) is 4.39 Å². The Morgan fingerprint density at radius 2 is 2.00 bits per heavy atom. The fourth-order valence-corrected chi connectivity index (χ4v) is 3.00. The molecule has 0 bridgehead atoms. The lowest BCUT2D eigenvalue weighted by Gasteiger charge is -2.07. The van der Waals surface area contributed by atoms with Crippen LogP contribution in [0, 0.1) is 19.7 Å². The summed E-state index contributed by atoms with van der Waals surface area (Å²) in [5.41, 5.74) is 2.12. The van der Waals surface area contributed by atoms with Crippen molar-refractivity contribution in [3.05, 3.63) is 51.0 Å². The molecule has 0 spiro atoms. The Bertz CT molecular complexity index is 607. The molecule has 0 aliphatic rings. The second-order valence-electron chi connectivity index (χ2n) is 5.55. The molecule has 0 amide bonds. The zero-order valence-electron chi connectivity index (χ0n) is 13.0. The molecule has 0 aliphatic heterocycles. The van der Waals surface area contributed by atoms with Gasteiger partial charge in [0.1, 0.15) is 6.61 Å². The molecule has 0 saturated heterocycles. The lowest BCUT2D eigenvalue weighted by Crippen LogP contribution is -2.21. The van der Waals surface area contributed by atoms with Gasteiger partial charge in [-0.25, -0.2) is 4.39 Å². The standard InChI is InChI=1S/C17H22FNOS/c1-11(2)19-9-15-8-14(13(4)21-15)10-20-17-7-12(3)5-6-16(17)18/h5-8,11,19H,9-10H2,1-4H3. The molecule has 0 fully saturated rings. The highest BCUT2D eigenvalue weighted by Gasteiger charge is 2.09. The van der Waals surface area contributed by atoms with Crippen LogP contribution in [-0.2, 0) is 13.2 Å². The van der Waals surface area contributed by atoms with Crippen LogP contribution in [0.3, 0.4) is 0 Å². The van der Waals surface area contributed by atoms with Crippen LogP contribution in [0.5, 0.6) is 5.75 Å². The van der Waals surface area contributed by atoms with E-state index < -0.39 is 0 Å². The van der Waals surface area contributed by atoms with E-state index in [2.05, 4.69) is 32.2 Å². The second-order valence-corrected chi connectivity index (χ2v) is 6.89. The number of thiophene rings is 1. The number of ether oxygens (including phenoxy) is 1. The first kappa shape index (κ1) is 16.0. The first-order chi connectivity index (χ1) is 9.95. The summed E-state index contributed by atoms with van der Waals surface area (Å²) in [6.07, 6.45) is 0. The van der Waals surface area contributed by atoms with E-state index in [1.807, 2.05) is 6.92 Å². The minimum absolute atomic E-state index is 0.310. The van der Waals surface area contributed by atoms with Crippen molar-refractivity contribution in [2.45, 2.75) is 46.9 Å². The molecule has 1 aromatic heterocycles. The first-order valence-corrected chi connectivity index (χ1v) is 7.98. The van der Waals surface area contributed by atoms with Gasteiger partial charge < -0.3 is 10.1 Å². The monoisotopic (exact) mass is 307 g/mol. The number of halogens is 1. The number of aryl methyl sites for hydroxylation is 2. The largest absolute Gasteiger partial charge is 0.486 e. The van der Waals surface area contributed by atoms with Crippen LogP contribution in [-0.4, -0.2) is 6.04 Å². The third kappa shape index (κ3) is 4.55. The molecule has 0 aliphatic carbocycles. The topological polar surface area (TPSA) is 21.3 Å². The summed E-state index contributed by atoms with van der Waals surface area (Å²) < 4.78 is 19.3. The van der Waals surface area contributed by atoms with E-state index in [1.54, 1.807) is 23.5 Å². The summed E-state index contributed by atoms with van der Waals surface area (Å²) >= 11 is 1.76. The number of benzene rings is 1. The van der Waals surface area contributed by atoms with Crippen molar-refractivity contribution in [1.82, 2.24) is 5.32 Å². The lowest BCUT2D eigenvalue weighted by atomic mass is 10.2. The molecule has 0 atom stereocenters. The predicted octanol–water partition coefficient (Wildman–Crippen LogP) is 4.58. The van der Waals surface area contributed by atoms with Gasteiger partial charge >= 0.3 is 0 Å². The van der Waals surface area contributed by atoms with Crippen molar-refractivity contribution in [3.8, 4) is 5.75 Å². The van der Waals surface area contributed by atoms with E-state index in [1.165, 1.54) is 15.8 Å². The highest BCUT2D eigenvalue weighted by atomic mass is 32.1. The number of hydrogen-bond acceptors (Lipinski definition) is 3. The molecule has 2 nitrogen and oxygen atoms in total. The molecule has 1 aromatic carbocycles. The maximum absolute atomic E-state index is 13.7. The number of rotatable bonds is 6. The number of nitrogens with one attached hydrogen (secondary N) is 1. The zero-order valence-corrected chi connectivity index (χ0v) is 13.8. The third-order valence-corrected chi connectivity index (χ3v) is 4.32. The van der Waals surface area contributed by atoms with Gasteiger partial charge in [-0.3, -0.25) is 0 Å². The van der Waals surface area contributed by atoms with Crippen LogP contribution in [0.15, 0.2) is 24.3 Å². The minimum Gasteiger partial charge on any atom is -0.486 e. The summed E-state index contributed by atoms with van der Waals surface area (Å²) in [5.74, 6) is 0.0117. The molecule has 2 rings (SSSR count). The van der Waals surface area contributed by atoms with Gasteiger partial charge in [0.05, 0.1) is 0 Å². The molecular weight excluding hydrogens is 285 g/mol. The summed E-state index contributed by atoms with van der Waals surface area (Å²) in [6.45, 7) is 9.54. The van der Waals surface area contributed by atoms with E-state index in [0.29, 0.717) is 18.4 Å². The summed E-state index contributed by atoms with van der Waals surface area (Å²) in [4.78, 5) is 2.51. The summed E-state index contributed by atoms with van der Waals surface area (Å²) in [5, 5.41) is 3.40. The van der Waals surface area contributed by atoms with E-state index >= 15 is 0 Å². The molecule has 1 N–H and O–H groups in total. The van der Waals surface area contributed by atoms with Gasteiger partial charge in [0.25, 0.3) is 0 Å². The van der Waals surface area contributed by atoms with Gasteiger partial charge in [0.15, 0.2) is 11.6 Å². The molecule has 4 heteroatoms. The van der Waals surface area contributed by atoms with Gasteiger partial charge in [-0.1, -0.05) is 19.9 Å². The predicted molar refractivity (Wildman–Crippen MR) is 86.5 cm³/mol. The van der Waals surface area contributed by atoms with Gasteiger partial charge in [-0.15, -0.1) is 11.3 Å². The fraction of sp³-hybridized carbons (Fsp3) is 0.412. The van der Waals surface area contributed by atoms with Crippen molar-refractivity contribution in [2.24, 2.45) is 0 Å². The maximum Gasteiger partial charge on any atom is 0.165 e. The third-order valence-electron chi connectivity index (χ3n) is 3.23. The second kappa shape index (κ2) is 7.05. The van der Waals surface area contributed by atoms with Crippen molar-refractivity contribution in [1.29, 1.82) is 0 Å². The molecule has 0 saturated carbocycles. The van der Waals surface area contributed by atoms with Gasteiger partial charge in [0, 0.05) is 27.9 Å². The molecule has 0 radical (unpaired) electrons. The first-order valence-electron chi connectivity index (χ1n) is 7.16. The summed E-state index contributed by atoms with van der Waals surface area (Å²) in [6, 6.07) is 7.53. The average Bonchev–Trinajstić information content (AvgIpc) is 2.78. The SMILES string of the molecule is Cc1ccc(F)c(OCc2cc(CNC(C)C)sc2C)c1.